The number of benzene rings is 1. The Labute approximate surface area is 195 Å². The average Bonchev–Trinajstić information content (AvgIpc) is 3.29. The summed E-state index contributed by atoms with van der Waals surface area (Å²) < 4.78 is 7.50. The minimum absolute atomic E-state index is 0.116. The Balaban J connectivity index is 1.54. The Hall–Kier alpha value is -4.02. The first-order valence-electron chi connectivity index (χ1n) is 11.1. The second-order valence-electron chi connectivity index (χ2n) is 8.19. The third-order valence-corrected chi connectivity index (χ3v) is 6.01. The lowest BCUT2D eigenvalue weighted by atomic mass is 10.1. The van der Waals surface area contributed by atoms with Crippen molar-refractivity contribution < 1.29 is 9.84 Å². The summed E-state index contributed by atoms with van der Waals surface area (Å²) in [4.78, 5) is 18.9. The summed E-state index contributed by atoms with van der Waals surface area (Å²) in [5.74, 6) is 1.31. The van der Waals surface area contributed by atoms with E-state index >= 15 is 0 Å². The van der Waals surface area contributed by atoms with Gasteiger partial charge in [-0.2, -0.15) is 10.2 Å². The number of aliphatic hydroxyl groups is 1. The number of piperidine rings is 1. The molecule has 3 aromatic heterocycles. The van der Waals surface area contributed by atoms with Crippen LogP contribution >= 0.6 is 0 Å². The van der Waals surface area contributed by atoms with E-state index in [0.717, 1.165) is 24.9 Å². The SMILES string of the molecule is C=CC(O)N1CCCC(n2nc(-c3ccc(Oc4ccccn4)cc3)c3c(N)n[nH]c(=O)c32)C1. The number of anilines is 1. The lowest BCUT2D eigenvalue weighted by molar-refractivity contribution is 0.0127. The number of hydrogen-bond donors (Lipinski definition) is 3. The fourth-order valence-corrected chi connectivity index (χ4v) is 4.36. The number of likely N-dealkylation sites (tertiary alicyclic amines) is 1. The van der Waals surface area contributed by atoms with Crippen LogP contribution in [0.5, 0.6) is 11.6 Å². The molecule has 0 amide bonds. The fraction of sp³-hybridized carbons (Fsp3) is 0.250. The Kier molecular flexibility index (Phi) is 5.83. The molecule has 1 saturated heterocycles. The summed E-state index contributed by atoms with van der Waals surface area (Å²) in [6.07, 6.45) is 4.08. The van der Waals surface area contributed by atoms with Gasteiger partial charge in [-0.25, -0.2) is 10.1 Å². The molecule has 10 heteroatoms. The average molecular weight is 460 g/mol. The van der Waals surface area contributed by atoms with Crippen molar-refractivity contribution in [2.24, 2.45) is 0 Å². The highest BCUT2D eigenvalue weighted by molar-refractivity contribution is 5.99. The molecular formula is C24H25N7O3. The van der Waals surface area contributed by atoms with Gasteiger partial charge in [0, 0.05) is 30.9 Å². The molecule has 1 aromatic carbocycles. The van der Waals surface area contributed by atoms with Crippen molar-refractivity contribution in [2.45, 2.75) is 25.1 Å². The van der Waals surface area contributed by atoms with Crippen LogP contribution in [0.25, 0.3) is 22.2 Å². The zero-order valence-electron chi connectivity index (χ0n) is 18.5. The van der Waals surface area contributed by atoms with Crippen molar-refractivity contribution in [1.82, 2.24) is 29.9 Å². The second-order valence-corrected chi connectivity index (χ2v) is 8.19. The first kappa shape index (κ1) is 21.8. The zero-order chi connectivity index (χ0) is 23.7. The number of aliphatic hydroxyl groups excluding tert-OH is 1. The summed E-state index contributed by atoms with van der Waals surface area (Å²) in [5, 5.41) is 22.0. The van der Waals surface area contributed by atoms with E-state index in [1.54, 1.807) is 16.9 Å². The van der Waals surface area contributed by atoms with Crippen LogP contribution in [0.1, 0.15) is 18.9 Å². The van der Waals surface area contributed by atoms with Crippen molar-refractivity contribution in [3.05, 3.63) is 71.7 Å². The highest BCUT2D eigenvalue weighted by atomic mass is 16.5. The summed E-state index contributed by atoms with van der Waals surface area (Å²) in [5.41, 5.74) is 7.55. The molecule has 5 rings (SSSR count). The predicted octanol–water partition coefficient (Wildman–Crippen LogP) is 2.70. The van der Waals surface area contributed by atoms with Crippen LogP contribution in [0.3, 0.4) is 0 Å². The summed E-state index contributed by atoms with van der Waals surface area (Å²) in [7, 11) is 0. The van der Waals surface area contributed by atoms with Crippen LogP contribution < -0.4 is 16.0 Å². The lowest BCUT2D eigenvalue weighted by Crippen LogP contribution is -2.42. The number of hydrogen-bond acceptors (Lipinski definition) is 8. The first-order chi connectivity index (χ1) is 16.5. The molecule has 4 aromatic rings. The number of pyridine rings is 1. The largest absolute Gasteiger partial charge is 0.439 e. The van der Waals surface area contributed by atoms with Gasteiger partial charge in [0.2, 0.25) is 5.88 Å². The van der Waals surface area contributed by atoms with Crippen LogP contribution in [0.15, 0.2) is 66.1 Å². The fourth-order valence-electron chi connectivity index (χ4n) is 4.36. The number of H-pyrrole nitrogens is 1. The molecule has 0 aliphatic carbocycles. The monoisotopic (exact) mass is 459 g/mol. The van der Waals surface area contributed by atoms with E-state index in [4.69, 9.17) is 15.6 Å². The van der Waals surface area contributed by atoms with Gasteiger partial charge in [-0.1, -0.05) is 12.6 Å². The minimum Gasteiger partial charge on any atom is -0.439 e. The van der Waals surface area contributed by atoms with Crippen molar-refractivity contribution >= 4 is 16.7 Å². The number of aromatic nitrogens is 5. The van der Waals surface area contributed by atoms with Gasteiger partial charge >= 0.3 is 0 Å². The normalized spacial score (nSPS) is 17.5. The van der Waals surface area contributed by atoms with E-state index in [2.05, 4.69) is 21.8 Å². The molecule has 174 valence electrons. The number of fused-ring (bicyclic) bond motifs is 1. The quantitative estimate of drug-likeness (QED) is 0.375. The van der Waals surface area contributed by atoms with E-state index in [0.29, 0.717) is 34.8 Å². The number of rotatable bonds is 6. The van der Waals surface area contributed by atoms with Crippen LogP contribution in [-0.2, 0) is 0 Å². The maximum Gasteiger partial charge on any atom is 0.290 e. The third kappa shape index (κ3) is 4.04. The van der Waals surface area contributed by atoms with Gasteiger partial charge in [0.15, 0.2) is 5.82 Å². The molecule has 0 radical (unpaired) electrons. The van der Waals surface area contributed by atoms with Gasteiger partial charge in [-0.3, -0.25) is 14.4 Å². The molecular weight excluding hydrogens is 434 g/mol. The molecule has 34 heavy (non-hydrogen) atoms. The van der Waals surface area contributed by atoms with Gasteiger partial charge in [-0.15, -0.1) is 0 Å². The van der Waals surface area contributed by atoms with E-state index in [9.17, 15) is 9.90 Å². The highest BCUT2D eigenvalue weighted by Crippen LogP contribution is 2.34. The van der Waals surface area contributed by atoms with E-state index in [1.807, 2.05) is 41.3 Å². The van der Waals surface area contributed by atoms with Gasteiger partial charge in [0.1, 0.15) is 23.2 Å². The Morgan fingerprint density at radius 3 is 2.82 bits per heavy atom. The zero-order valence-corrected chi connectivity index (χ0v) is 18.5. The van der Waals surface area contributed by atoms with Crippen LogP contribution in [0.4, 0.5) is 5.82 Å². The molecule has 1 aliphatic heterocycles. The van der Waals surface area contributed by atoms with Crippen LogP contribution in [-0.4, -0.2) is 54.3 Å². The molecule has 10 nitrogen and oxygen atoms in total. The van der Waals surface area contributed by atoms with Crippen LogP contribution in [0, 0.1) is 0 Å². The smallest absolute Gasteiger partial charge is 0.290 e. The number of ether oxygens (including phenoxy) is 1. The molecule has 0 spiro atoms. The highest BCUT2D eigenvalue weighted by Gasteiger charge is 2.29. The number of nitrogen functional groups attached to an aromatic ring is 1. The number of nitrogens with zero attached hydrogens (tertiary/aromatic N) is 5. The molecule has 1 fully saturated rings. The summed E-state index contributed by atoms with van der Waals surface area (Å²) in [6, 6.07) is 12.7. The molecule has 4 heterocycles. The summed E-state index contributed by atoms with van der Waals surface area (Å²) in [6.45, 7) is 4.95. The molecule has 0 saturated carbocycles. The standard InChI is InChI=1S/C24H25N7O3/c1-2-19(32)30-13-5-6-16(14-30)31-22-20(23(25)27-28-24(22)33)21(29-31)15-8-10-17(11-9-15)34-18-7-3-4-12-26-18/h2-4,7-12,16,19,32H,1,5-6,13-14H2,(H2,25,27)(H,28,33). The van der Waals surface area contributed by atoms with Gasteiger partial charge in [0.05, 0.1) is 11.4 Å². The molecule has 2 atom stereocenters. The third-order valence-electron chi connectivity index (χ3n) is 6.01. The topological polar surface area (TPSA) is 135 Å². The summed E-state index contributed by atoms with van der Waals surface area (Å²) >= 11 is 0. The minimum atomic E-state index is -0.749. The lowest BCUT2D eigenvalue weighted by Gasteiger charge is -2.34. The maximum atomic E-state index is 12.8. The Bertz CT molecular complexity index is 1370. The van der Waals surface area contributed by atoms with Gasteiger partial charge in [-0.05, 0) is 49.2 Å². The van der Waals surface area contributed by atoms with Crippen molar-refractivity contribution in [3.63, 3.8) is 0 Å². The van der Waals surface area contributed by atoms with Crippen molar-refractivity contribution in [3.8, 4) is 22.9 Å². The number of nitrogens with two attached hydrogens (primary N) is 1. The van der Waals surface area contributed by atoms with E-state index in [-0.39, 0.29) is 17.4 Å². The predicted molar refractivity (Wildman–Crippen MR) is 128 cm³/mol. The Morgan fingerprint density at radius 1 is 1.26 bits per heavy atom. The molecule has 4 N–H and O–H groups in total. The van der Waals surface area contributed by atoms with Crippen LogP contribution in [0.2, 0.25) is 0 Å². The number of nitrogens with one attached hydrogen (secondary N) is 1. The first-order valence-corrected chi connectivity index (χ1v) is 11.1. The van der Waals surface area contributed by atoms with Crippen molar-refractivity contribution in [2.75, 3.05) is 18.8 Å². The van der Waals surface area contributed by atoms with E-state index in [1.165, 1.54) is 6.08 Å². The van der Waals surface area contributed by atoms with Gasteiger partial charge < -0.3 is 15.6 Å². The van der Waals surface area contributed by atoms with E-state index < -0.39 is 6.23 Å². The molecule has 0 bridgehead atoms. The molecule has 1 aliphatic rings. The maximum absolute atomic E-state index is 12.8. The second kappa shape index (κ2) is 9.08. The van der Waals surface area contributed by atoms with Crippen molar-refractivity contribution in [1.29, 1.82) is 0 Å². The number of aromatic amines is 1. The Morgan fingerprint density at radius 2 is 2.09 bits per heavy atom. The van der Waals surface area contributed by atoms with Gasteiger partial charge in [0.25, 0.3) is 5.56 Å². The molecule has 2 unspecified atom stereocenters.